The fourth-order valence-electron chi connectivity index (χ4n) is 2.86. The first-order chi connectivity index (χ1) is 13.2. The Hall–Kier alpha value is -3.86. The maximum atomic E-state index is 11.1. The number of nitro benzene ring substituents is 1. The van der Waals surface area contributed by atoms with E-state index in [1.54, 1.807) is 12.1 Å². The van der Waals surface area contributed by atoms with Crippen molar-refractivity contribution < 1.29 is 4.92 Å². The van der Waals surface area contributed by atoms with Gasteiger partial charge in [-0.3, -0.25) is 10.1 Å². The van der Waals surface area contributed by atoms with Gasteiger partial charge in [-0.05, 0) is 17.7 Å². The maximum Gasteiger partial charge on any atom is 0.270 e. The molecule has 0 amide bonds. The molecular formula is C22H15N3O2. The van der Waals surface area contributed by atoms with Crippen LogP contribution in [0.15, 0.2) is 78.9 Å². The molecule has 5 nitrogen and oxygen atoms in total. The van der Waals surface area contributed by atoms with Gasteiger partial charge in [-0.25, -0.2) is 9.97 Å². The number of fused-ring (bicyclic) bond motifs is 1. The van der Waals surface area contributed by atoms with Gasteiger partial charge in [0.25, 0.3) is 5.69 Å². The van der Waals surface area contributed by atoms with Crippen molar-refractivity contribution in [2.24, 2.45) is 0 Å². The van der Waals surface area contributed by atoms with Crippen LogP contribution >= 0.6 is 0 Å². The van der Waals surface area contributed by atoms with E-state index in [1.807, 2.05) is 66.7 Å². The summed E-state index contributed by atoms with van der Waals surface area (Å²) in [6, 6.07) is 24.1. The van der Waals surface area contributed by atoms with Gasteiger partial charge in [-0.2, -0.15) is 0 Å². The van der Waals surface area contributed by atoms with Crippen LogP contribution in [-0.4, -0.2) is 14.9 Å². The lowest BCUT2D eigenvalue weighted by Gasteiger charge is -2.06. The second-order valence-electron chi connectivity index (χ2n) is 6.00. The summed E-state index contributed by atoms with van der Waals surface area (Å²) >= 11 is 0. The van der Waals surface area contributed by atoms with E-state index < -0.39 is 4.92 Å². The highest BCUT2D eigenvalue weighted by Gasteiger charge is 2.11. The Morgan fingerprint density at radius 2 is 1.59 bits per heavy atom. The monoisotopic (exact) mass is 353 g/mol. The molecule has 0 spiro atoms. The molecule has 0 radical (unpaired) electrons. The summed E-state index contributed by atoms with van der Waals surface area (Å²) < 4.78 is 0. The summed E-state index contributed by atoms with van der Waals surface area (Å²) in [4.78, 5) is 19.9. The molecule has 0 unspecified atom stereocenters. The first-order valence-electron chi connectivity index (χ1n) is 8.45. The Morgan fingerprint density at radius 1 is 0.815 bits per heavy atom. The normalized spacial score (nSPS) is 11.1. The molecule has 3 aromatic carbocycles. The zero-order valence-electron chi connectivity index (χ0n) is 14.3. The third-order valence-corrected chi connectivity index (χ3v) is 4.18. The van der Waals surface area contributed by atoms with Crippen molar-refractivity contribution in [2.45, 2.75) is 0 Å². The molecular weight excluding hydrogens is 338 g/mol. The second-order valence-corrected chi connectivity index (χ2v) is 6.00. The number of hydrogen-bond donors (Lipinski definition) is 0. The standard InChI is InChI=1S/C22H15N3O2/c26-25(27)18-10-6-9-17(15-18)22-23-20-12-5-4-11-19(20)21(24-22)14-13-16-7-2-1-3-8-16/h1-15H/b14-13+. The molecule has 0 saturated heterocycles. The van der Waals surface area contributed by atoms with Crippen LogP contribution in [0, 0.1) is 10.1 Å². The predicted molar refractivity (Wildman–Crippen MR) is 107 cm³/mol. The fourth-order valence-corrected chi connectivity index (χ4v) is 2.86. The highest BCUT2D eigenvalue weighted by atomic mass is 16.6. The molecule has 0 aliphatic rings. The molecule has 0 saturated carbocycles. The number of rotatable bonds is 4. The van der Waals surface area contributed by atoms with E-state index in [-0.39, 0.29) is 5.69 Å². The van der Waals surface area contributed by atoms with Crippen LogP contribution in [-0.2, 0) is 0 Å². The van der Waals surface area contributed by atoms with Crippen LogP contribution in [0.3, 0.4) is 0 Å². The number of hydrogen-bond acceptors (Lipinski definition) is 4. The lowest BCUT2D eigenvalue weighted by atomic mass is 10.1. The van der Waals surface area contributed by atoms with Crippen LogP contribution in [0.2, 0.25) is 0 Å². The molecule has 1 heterocycles. The van der Waals surface area contributed by atoms with Gasteiger partial charge >= 0.3 is 0 Å². The Kier molecular flexibility index (Phi) is 4.41. The molecule has 5 heteroatoms. The average Bonchev–Trinajstić information content (AvgIpc) is 2.72. The molecule has 1 aromatic heterocycles. The lowest BCUT2D eigenvalue weighted by molar-refractivity contribution is -0.384. The molecule has 0 bridgehead atoms. The molecule has 0 fully saturated rings. The topological polar surface area (TPSA) is 68.9 Å². The quantitative estimate of drug-likeness (QED) is 0.365. The van der Waals surface area contributed by atoms with E-state index in [0.717, 1.165) is 22.2 Å². The van der Waals surface area contributed by atoms with Crippen molar-refractivity contribution in [1.29, 1.82) is 0 Å². The molecule has 0 aliphatic carbocycles. The Morgan fingerprint density at radius 3 is 2.41 bits per heavy atom. The number of nitro groups is 1. The fraction of sp³-hybridized carbons (Fsp3) is 0. The largest absolute Gasteiger partial charge is 0.270 e. The van der Waals surface area contributed by atoms with Gasteiger partial charge in [0.15, 0.2) is 5.82 Å². The van der Waals surface area contributed by atoms with Crippen molar-refractivity contribution >= 4 is 28.7 Å². The summed E-state index contributed by atoms with van der Waals surface area (Å²) in [6.07, 6.45) is 3.94. The van der Waals surface area contributed by atoms with Crippen LogP contribution < -0.4 is 0 Å². The minimum absolute atomic E-state index is 0.0191. The van der Waals surface area contributed by atoms with Gasteiger partial charge in [0.2, 0.25) is 0 Å². The average molecular weight is 353 g/mol. The summed E-state index contributed by atoms with van der Waals surface area (Å²) in [5.41, 5.74) is 3.26. The Balaban J connectivity index is 1.85. The van der Waals surface area contributed by atoms with Crippen LogP contribution in [0.1, 0.15) is 11.3 Å². The van der Waals surface area contributed by atoms with Crippen molar-refractivity contribution in [3.63, 3.8) is 0 Å². The number of benzene rings is 3. The van der Waals surface area contributed by atoms with Gasteiger partial charge in [-0.15, -0.1) is 0 Å². The third kappa shape index (κ3) is 3.57. The van der Waals surface area contributed by atoms with E-state index in [0.29, 0.717) is 11.4 Å². The maximum absolute atomic E-state index is 11.1. The first kappa shape index (κ1) is 16.6. The molecule has 0 atom stereocenters. The van der Waals surface area contributed by atoms with Gasteiger partial charge < -0.3 is 0 Å². The molecule has 130 valence electrons. The van der Waals surface area contributed by atoms with Gasteiger partial charge in [0.05, 0.1) is 16.1 Å². The third-order valence-electron chi connectivity index (χ3n) is 4.18. The minimum Gasteiger partial charge on any atom is -0.258 e. The van der Waals surface area contributed by atoms with E-state index in [2.05, 4.69) is 9.97 Å². The van der Waals surface area contributed by atoms with E-state index in [9.17, 15) is 10.1 Å². The van der Waals surface area contributed by atoms with Crippen molar-refractivity contribution in [3.05, 3.63) is 100 Å². The van der Waals surface area contributed by atoms with Gasteiger partial charge in [0, 0.05) is 23.1 Å². The first-order valence-corrected chi connectivity index (χ1v) is 8.45. The van der Waals surface area contributed by atoms with Crippen molar-refractivity contribution in [1.82, 2.24) is 9.97 Å². The Labute approximate surface area is 155 Å². The minimum atomic E-state index is -0.416. The van der Waals surface area contributed by atoms with E-state index in [4.69, 9.17) is 0 Å². The van der Waals surface area contributed by atoms with Crippen LogP contribution in [0.25, 0.3) is 34.4 Å². The number of nitrogens with zero attached hydrogens (tertiary/aromatic N) is 3. The predicted octanol–water partition coefficient (Wildman–Crippen LogP) is 5.38. The smallest absolute Gasteiger partial charge is 0.258 e. The molecule has 27 heavy (non-hydrogen) atoms. The molecule has 0 aliphatic heterocycles. The van der Waals surface area contributed by atoms with Crippen LogP contribution in [0.5, 0.6) is 0 Å². The van der Waals surface area contributed by atoms with E-state index >= 15 is 0 Å². The molecule has 4 rings (SSSR count). The summed E-state index contributed by atoms with van der Waals surface area (Å²) in [5.74, 6) is 0.463. The number of aromatic nitrogens is 2. The second kappa shape index (κ2) is 7.17. The Bertz CT molecular complexity index is 1150. The van der Waals surface area contributed by atoms with Gasteiger partial charge in [-0.1, -0.05) is 66.7 Å². The SMILES string of the molecule is O=[N+]([O-])c1cccc(-c2nc(/C=C/c3ccccc3)c3ccccc3n2)c1. The molecule has 4 aromatic rings. The summed E-state index contributed by atoms with van der Waals surface area (Å²) in [6.45, 7) is 0. The van der Waals surface area contributed by atoms with Crippen molar-refractivity contribution in [2.75, 3.05) is 0 Å². The van der Waals surface area contributed by atoms with Crippen molar-refractivity contribution in [3.8, 4) is 11.4 Å². The zero-order valence-corrected chi connectivity index (χ0v) is 14.3. The summed E-state index contributed by atoms with van der Waals surface area (Å²) in [7, 11) is 0. The molecule has 0 N–H and O–H groups in total. The highest BCUT2D eigenvalue weighted by molar-refractivity contribution is 5.90. The van der Waals surface area contributed by atoms with E-state index in [1.165, 1.54) is 12.1 Å². The summed E-state index contributed by atoms with van der Waals surface area (Å²) in [5, 5.41) is 12.0. The lowest BCUT2D eigenvalue weighted by Crippen LogP contribution is -1.95. The number of non-ortho nitro benzene ring substituents is 1. The van der Waals surface area contributed by atoms with Crippen LogP contribution in [0.4, 0.5) is 5.69 Å². The number of para-hydroxylation sites is 1. The highest BCUT2D eigenvalue weighted by Crippen LogP contribution is 2.25. The van der Waals surface area contributed by atoms with Gasteiger partial charge in [0.1, 0.15) is 0 Å². The zero-order chi connectivity index (χ0) is 18.6.